The van der Waals surface area contributed by atoms with Crippen LogP contribution in [0.5, 0.6) is 5.75 Å². The van der Waals surface area contributed by atoms with Crippen LogP contribution >= 0.6 is 0 Å². The Morgan fingerprint density at radius 3 is 3.33 bits per heavy atom. The minimum Gasteiger partial charge on any atom is -0.487 e. The summed E-state index contributed by atoms with van der Waals surface area (Å²) in [6.07, 6.45) is 5.13. The molecule has 0 bridgehead atoms. The Hall–Kier alpha value is -1.18. The van der Waals surface area contributed by atoms with E-state index in [2.05, 4.69) is 17.6 Å². The number of hydrogen-bond donors (Lipinski definition) is 1. The third-order valence-corrected chi connectivity index (χ3v) is 0.869. The summed E-state index contributed by atoms with van der Waals surface area (Å²) < 4.78 is 5.09. The van der Waals surface area contributed by atoms with Crippen molar-refractivity contribution in [2.75, 3.05) is 6.61 Å². The first-order valence-corrected chi connectivity index (χ1v) is 2.71. The molecule has 47 valence electrons. The Kier molecular flexibility index (Phi) is 1.96. The lowest BCUT2D eigenvalue weighted by molar-refractivity contribution is 0.363. The third-order valence-electron chi connectivity index (χ3n) is 0.869. The molecule has 0 spiro atoms. The SMILES string of the molecule is C=CCOc1[c]c[nH]c1. The van der Waals surface area contributed by atoms with E-state index in [0.29, 0.717) is 6.61 Å². The van der Waals surface area contributed by atoms with Gasteiger partial charge in [-0.05, 0) is 0 Å². The van der Waals surface area contributed by atoms with Crippen LogP contribution in [-0.2, 0) is 0 Å². The van der Waals surface area contributed by atoms with Gasteiger partial charge < -0.3 is 9.72 Å². The quantitative estimate of drug-likeness (QED) is 0.602. The summed E-state index contributed by atoms with van der Waals surface area (Å²) >= 11 is 0. The maximum atomic E-state index is 5.09. The number of rotatable bonds is 3. The van der Waals surface area contributed by atoms with Crippen LogP contribution in [0.1, 0.15) is 0 Å². The lowest BCUT2D eigenvalue weighted by Gasteiger charge is -1.94. The van der Waals surface area contributed by atoms with Gasteiger partial charge in [0, 0.05) is 18.5 Å². The van der Waals surface area contributed by atoms with Gasteiger partial charge in [-0.15, -0.1) is 0 Å². The standard InChI is InChI=1S/C7H8NO/c1-2-5-9-7-3-4-8-6-7/h2,4,6,8H,1,5H2. The number of ether oxygens (including phenoxy) is 1. The van der Waals surface area contributed by atoms with E-state index in [1.807, 2.05) is 0 Å². The minimum absolute atomic E-state index is 0.536. The monoisotopic (exact) mass is 122 g/mol. The van der Waals surface area contributed by atoms with Gasteiger partial charge in [0.05, 0.1) is 0 Å². The van der Waals surface area contributed by atoms with Crippen molar-refractivity contribution in [1.82, 2.24) is 4.98 Å². The fourth-order valence-electron chi connectivity index (χ4n) is 0.504. The molecule has 0 unspecified atom stereocenters. The summed E-state index contributed by atoms with van der Waals surface area (Å²) in [4.78, 5) is 2.82. The maximum Gasteiger partial charge on any atom is 0.145 e. The molecule has 0 aliphatic heterocycles. The zero-order valence-corrected chi connectivity index (χ0v) is 5.05. The molecule has 0 aliphatic rings. The Morgan fingerprint density at radius 2 is 2.78 bits per heavy atom. The van der Waals surface area contributed by atoms with Gasteiger partial charge in [-0.25, -0.2) is 0 Å². The highest BCUT2D eigenvalue weighted by Gasteiger charge is 1.87. The summed E-state index contributed by atoms with van der Waals surface area (Å²) in [6, 6.07) is 2.85. The lowest BCUT2D eigenvalue weighted by atomic mass is 10.6. The second-order valence-electron chi connectivity index (χ2n) is 1.56. The first-order chi connectivity index (χ1) is 4.43. The normalized spacial score (nSPS) is 8.89. The van der Waals surface area contributed by atoms with Gasteiger partial charge in [-0.3, -0.25) is 0 Å². The summed E-state index contributed by atoms with van der Waals surface area (Å²) in [6.45, 7) is 4.05. The molecular weight excluding hydrogens is 114 g/mol. The molecule has 9 heavy (non-hydrogen) atoms. The molecule has 1 N–H and O–H groups in total. The lowest BCUT2D eigenvalue weighted by Crippen LogP contribution is -1.89. The highest BCUT2D eigenvalue weighted by atomic mass is 16.5. The van der Waals surface area contributed by atoms with Gasteiger partial charge in [0.2, 0.25) is 0 Å². The average Bonchev–Trinajstić information content (AvgIpc) is 2.34. The Bertz CT molecular complexity index is 167. The van der Waals surface area contributed by atoms with Crippen LogP contribution in [0.2, 0.25) is 0 Å². The molecule has 1 rings (SSSR count). The van der Waals surface area contributed by atoms with Crippen LogP contribution < -0.4 is 4.74 Å². The van der Waals surface area contributed by atoms with Gasteiger partial charge >= 0.3 is 0 Å². The smallest absolute Gasteiger partial charge is 0.145 e. The van der Waals surface area contributed by atoms with Crippen LogP contribution in [0.4, 0.5) is 0 Å². The molecule has 0 saturated heterocycles. The maximum absolute atomic E-state index is 5.09. The molecule has 1 aromatic rings. The van der Waals surface area contributed by atoms with Crippen molar-refractivity contribution in [2.24, 2.45) is 0 Å². The number of aromatic nitrogens is 1. The predicted octanol–water partition coefficient (Wildman–Crippen LogP) is 1.38. The Morgan fingerprint density at radius 1 is 1.89 bits per heavy atom. The van der Waals surface area contributed by atoms with E-state index >= 15 is 0 Å². The zero-order chi connectivity index (χ0) is 6.53. The first-order valence-electron chi connectivity index (χ1n) is 2.71. The van der Waals surface area contributed by atoms with E-state index < -0.39 is 0 Å². The molecule has 0 amide bonds. The van der Waals surface area contributed by atoms with Crippen LogP contribution in [-0.4, -0.2) is 11.6 Å². The number of H-pyrrole nitrogens is 1. The predicted molar refractivity (Wildman–Crippen MR) is 35.3 cm³/mol. The Balaban J connectivity index is 2.38. The van der Waals surface area contributed by atoms with E-state index in [4.69, 9.17) is 4.74 Å². The molecule has 1 heterocycles. The van der Waals surface area contributed by atoms with Crippen molar-refractivity contribution < 1.29 is 4.74 Å². The van der Waals surface area contributed by atoms with Gasteiger partial charge in [0.1, 0.15) is 12.4 Å². The van der Waals surface area contributed by atoms with E-state index in [-0.39, 0.29) is 0 Å². The fourth-order valence-corrected chi connectivity index (χ4v) is 0.504. The fraction of sp³-hybridized carbons (Fsp3) is 0.143. The third kappa shape index (κ3) is 1.64. The van der Waals surface area contributed by atoms with Crippen LogP contribution in [0.15, 0.2) is 25.0 Å². The van der Waals surface area contributed by atoms with Gasteiger partial charge in [0.15, 0.2) is 0 Å². The summed E-state index contributed by atoms with van der Waals surface area (Å²) in [5, 5.41) is 0. The molecule has 0 aliphatic carbocycles. The van der Waals surface area contributed by atoms with Crippen molar-refractivity contribution >= 4 is 0 Å². The van der Waals surface area contributed by atoms with Crippen molar-refractivity contribution in [3.05, 3.63) is 31.1 Å². The largest absolute Gasteiger partial charge is 0.487 e. The van der Waals surface area contributed by atoms with Gasteiger partial charge in [0.25, 0.3) is 0 Å². The number of nitrogens with one attached hydrogen (secondary N) is 1. The summed E-state index contributed by atoms with van der Waals surface area (Å²) in [5.74, 6) is 0.731. The molecule has 0 aromatic carbocycles. The van der Waals surface area contributed by atoms with Gasteiger partial charge in [-0.1, -0.05) is 12.7 Å². The van der Waals surface area contributed by atoms with Crippen LogP contribution in [0, 0.1) is 6.07 Å². The van der Waals surface area contributed by atoms with E-state index in [1.165, 1.54) is 0 Å². The highest BCUT2D eigenvalue weighted by Crippen LogP contribution is 2.04. The summed E-state index contributed by atoms with van der Waals surface area (Å²) in [5.41, 5.74) is 0. The van der Waals surface area contributed by atoms with Crippen molar-refractivity contribution in [3.8, 4) is 5.75 Å². The minimum atomic E-state index is 0.536. The summed E-state index contributed by atoms with van der Waals surface area (Å²) in [7, 11) is 0. The molecule has 0 atom stereocenters. The van der Waals surface area contributed by atoms with Crippen LogP contribution in [0.3, 0.4) is 0 Å². The van der Waals surface area contributed by atoms with Crippen molar-refractivity contribution in [1.29, 1.82) is 0 Å². The molecule has 2 heteroatoms. The zero-order valence-electron chi connectivity index (χ0n) is 5.05. The molecule has 1 radical (unpaired) electrons. The van der Waals surface area contributed by atoms with Gasteiger partial charge in [-0.2, -0.15) is 0 Å². The second kappa shape index (κ2) is 2.97. The molecule has 1 aromatic heterocycles. The van der Waals surface area contributed by atoms with Crippen molar-refractivity contribution in [2.45, 2.75) is 0 Å². The van der Waals surface area contributed by atoms with E-state index in [9.17, 15) is 0 Å². The van der Waals surface area contributed by atoms with Crippen molar-refractivity contribution in [3.63, 3.8) is 0 Å². The van der Waals surface area contributed by atoms with Crippen LogP contribution in [0.25, 0.3) is 0 Å². The second-order valence-corrected chi connectivity index (χ2v) is 1.56. The molecule has 0 saturated carbocycles. The topological polar surface area (TPSA) is 25.0 Å². The molecule has 2 nitrogen and oxygen atoms in total. The first kappa shape index (κ1) is 5.95. The van der Waals surface area contributed by atoms with E-state index in [0.717, 1.165) is 5.75 Å². The highest BCUT2D eigenvalue weighted by molar-refractivity contribution is 5.13. The Labute approximate surface area is 54.2 Å². The van der Waals surface area contributed by atoms with E-state index in [1.54, 1.807) is 18.5 Å². The average molecular weight is 122 g/mol. The number of aromatic amines is 1. The molecule has 0 fully saturated rings. The molecular formula is C7H8NO. The number of hydrogen-bond acceptors (Lipinski definition) is 1.